The summed E-state index contributed by atoms with van der Waals surface area (Å²) in [6.45, 7) is 3.78. The van der Waals surface area contributed by atoms with Gasteiger partial charge in [-0.05, 0) is 55.7 Å². The molecule has 4 nitrogen and oxygen atoms in total. The van der Waals surface area contributed by atoms with Gasteiger partial charge in [0.1, 0.15) is 0 Å². The van der Waals surface area contributed by atoms with E-state index in [1.54, 1.807) is 0 Å². The molecule has 1 N–H and O–H groups in total. The number of carboxylic acids is 1. The van der Waals surface area contributed by atoms with Crippen LogP contribution in [0.2, 0.25) is 5.02 Å². The molecule has 1 saturated carbocycles. The third-order valence-corrected chi connectivity index (χ3v) is 5.62. The van der Waals surface area contributed by atoms with E-state index in [2.05, 4.69) is 0 Å². The Morgan fingerprint density at radius 2 is 1.96 bits per heavy atom. The second kappa shape index (κ2) is 9.96. The first-order valence-corrected chi connectivity index (χ1v) is 10.0. The maximum Gasteiger partial charge on any atom is 0.313 e. The van der Waals surface area contributed by atoms with Crippen LogP contribution in [0.1, 0.15) is 88.2 Å². The van der Waals surface area contributed by atoms with Gasteiger partial charge in [-0.15, -0.1) is 0 Å². The van der Waals surface area contributed by atoms with Gasteiger partial charge in [-0.25, -0.2) is 0 Å². The number of rotatable bonds is 8. The number of aliphatic carboxylic acids is 1. The summed E-state index contributed by atoms with van der Waals surface area (Å²) in [6.07, 6.45) is 6.70. The van der Waals surface area contributed by atoms with E-state index in [0.717, 1.165) is 30.4 Å². The van der Waals surface area contributed by atoms with Gasteiger partial charge in [0.05, 0.1) is 12.0 Å². The molecule has 2 atom stereocenters. The molecule has 0 amide bonds. The third-order valence-electron chi connectivity index (χ3n) is 5.30. The van der Waals surface area contributed by atoms with Gasteiger partial charge >= 0.3 is 11.9 Å². The van der Waals surface area contributed by atoms with Gasteiger partial charge in [0.25, 0.3) is 0 Å². The molecule has 1 aromatic rings. The predicted molar refractivity (Wildman–Crippen MR) is 103 cm³/mol. The lowest BCUT2D eigenvalue weighted by Gasteiger charge is -2.24. The number of esters is 1. The molecule has 2 rings (SSSR count). The molecule has 1 aromatic carbocycles. The third kappa shape index (κ3) is 5.73. The summed E-state index contributed by atoms with van der Waals surface area (Å²) in [4.78, 5) is 23.6. The summed E-state index contributed by atoms with van der Waals surface area (Å²) in [5.41, 5.74) is 1.88. The number of ether oxygens (including phenoxy) is 1. The molecular weight excluding hydrogens is 352 g/mol. The van der Waals surface area contributed by atoms with Gasteiger partial charge in [0.15, 0.2) is 0 Å². The molecule has 0 spiro atoms. The standard InChI is InChI=1S/C21H29ClO4/c1-3-14(2)26-21(25)18(11-12-20(23)24)16-9-10-17(19(22)13-16)15-7-5-4-6-8-15/h9-10,13-15,18H,3-8,11-12H2,1-2H3,(H,23,24). The van der Waals surface area contributed by atoms with E-state index in [1.165, 1.54) is 19.3 Å². The predicted octanol–water partition coefficient (Wildman–Crippen LogP) is 5.68. The zero-order valence-corrected chi connectivity index (χ0v) is 16.4. The van der Waals surface area contributed by atoms with Crippen LogP contribution in [0.4, 0.5) is 0 Å². The highest BCUT2D eigenvalue weighted by molar-refractivity contribution is 6.31. The summed E-state index contributed by atoms with van der Waals surface area (Å²) in [7, 11) is 0. The minimum atomic E-state index is -0.920. The molecule has 0 heterocycles. The second-order valence-corrected chi connectivity index (χ2v) is 7.66. The minimum absolute atomic E-state index is 0.0811. The highest BCUT2D eigenvalue weighted by Crippen LogP contribution is 2.38. The summed E-state index contributed by atoms with van der Waals surface area (Å²) in [5, 5.41) is 9.68. The average Bonchev–Trinajstić information content (AvgIpc) is 2.62. The topological polar surface area (TPSA) is 63.6 Å². The van der Waals surface area contributed by atoms with Gasteiger partial charge in [-0.2, -0.15) is 0 Å². The molecule has 1 fully saturated rings. The van der Waals surface area contributed by atoms with Gasteiger partial charge in [0, 0.05) is 11.4 Å². The van der Waals surface area contributed by atoms with E-state index in [-0.39, 0.29) is 24.9 Å². The van der Waals surface area contributed by atoms with Crippen molar-refractivity contribution in [2.45, 2.75) is 83.2 Å². The highest BCUT2D eigenvalue weighted by Gasteiger charge is 2.26. The number of halogens is 1. The van der Waals surface area contributed by atoms with Crippen LogP contribution in [0.25, 0.3) is 0 Å². The molecule has 1 aliphatic rings. The lowest BCUT2D eigenvalue weighted by atomic mass is 9.83. The Morgan fingerprint density at radius 3 is 2.54 bits per heavy atom. The summed E-state index contributed by atoms with van der Waals surface area (Å²) < 4.78 is 5.46. The van der Waals surface area contributed by atoms with Crippen molar-refractivity contribution in [1.82, 2.24) is 0 Å². The molecule has 144 valence electrons. The smallest absolute Gasteiger partial charge is 0.313 e. The van der Waals surface area contributed by atoms with Gasteiger partial charge < -0.3 is 9.84 Å². The van der Waals surface area contributed by atoms with Gasteiger partial charge in [-0.3, -0.25) is 9.59 Å². The number of benzene rings is 1. The van der Waals surface area contributed by atoms with Crippen LogP contribution in [-0.4, -0.2) is 23.1 Å². The van der Waals surface area contributed by atoms with Crippen LogP contribution >= 0.6 is 11.6 Å². The summed E-state index contributed by atoms with van der Waals surface area (Å²) in [5.74, 6) is -1.41. The zero-order valence-electron chi connectivity index (χ0n) is 15.7. The Hall–Kier alpha value is -1.55. The van der Waals surface area contributed by atoms with Crippen molar-refractivity contribution in [1.29, 1.82) is 0 Å². The first-order chi connectivity index (χ1) is 12.4. The van der Waals surface area contributed by atoms with Crippen LogP contribution in [0.5, 0.6) is 0 Å². The van der Waals surface area contributed by atoms with Crippen molar-refractivity contribution < 1.29 is 19.4 Å². The maximum atomic E-state index is 12.6. The molecule has 0 saturated heterocycles. The number of hydrogen-bond donors (Lipinski definition) is 1. The van der Waals surface area contributed by atoms with Crippen LogP contribution in [0.15, 0.2) is 18.2 Å². The monoisotopic (exact) mass is 380 g/mol. The Morgan fingerprint density at radius 1 is 1.27 bits per heavy atom. The first kappa shape index (κ1) is 20.8. The maximum absolute atomic E-state index is 12.6. The number of carboxylic acid groups (broad SMARTS) is 1. The van der Waals surface area contributed by atoms with Crippen molar-refractivity contribution in [3.05, 3.63) is 34.3 Å². The van der Waals surface area contributed by atoms with E-state index >= 15 is 0 Å². The summed E-state index contributed by atoms with van der Waals surface area (Å²) >= 11 is 6.54. The van der Waals surface area contributed by atoms with Crippen LogP contribution < -0.4 is 0 Å². The van der Waals surface area contributed by atoms with E-state index in [1.807, 2.05) is 32.0 Å². The van der Waals surface area contributed by atoms with E-state index in [4.69, 9.17) is 21.4 Å². The molecule has 0 bridgehead atoms. The van der Waals surface area contributed by atoms with Crippen molar-refractivity contribution in [2.24, 2.45) is 0 Å². The quantitative estimate of drug-likeness (QED) is 0.589. The van der Waals surface area contributed by atoms with E-state index in [9.17, 15) is 9.59 Å². The van der Waals surface area contributed by atoms with Crippen LogP contribution in [0, 0.1) is 0 Å². The molecular formula is C21H29ClO4. The second-order valence-electron chi connectivity index (χ2n) is 7.26. The fraction of sp³-hybridized carbons (Fsp3) is 0.619. The highest BCUT2D eigenvalue weighted by atomic mass is 35.5. The van der Waals surface area contributed by atoms with Crippen molar-refractivity contribution >= 4 is 23.5 Å². The van der Waals surface area contributed by atoms with Crippen molar-refractivity contribution in [2.75, 3.05) is 0 Å². The van der Waals surface area contributed by atoms with Crippen LogP contribution in [-0.2, 0) is 14.3 Å². The number of carbonyl (C=O) groups is 2. The van der Waals surface area contributed by atoms with Crippen molar-refractivity contribution in [3.63, 3.8) is 0 Å². The lowest BCUT2D eigenvalue weighted by Crippen LogP contribution is -2.22. The molecule has 2 unspecified atom stereocenters. The molecule has 0 aliphatic heterocycles. The number of hydrogen-bond acceptors (Lipinski definition) is 3. The minimum Gasteiger partial charge on any atom is -0.481 e. The van der Waals surface area contributed by atoms with Gasteiger partial charge in [-0.1, -0.05) is 49.9 Å². The average molecular weight is 381 g/mol. The number of carbonyl (C=O) groups excluding carboxylic acids is 1. The fourth-order valence-corrected chi connectivity index (χ4v) is 3.90. The fourth-order valence-electron chi connectivity index (χ4n) is 3.56. The molecule has 26 heavy (non-hydrogen) atoms. The Labute approximate surface area is 160 Å². The van der Waals surface area contributed by atoms with Gasteiger partial charge in [0.2, 0.25) is 0 Å². The first-order valence-electron chi connectivity index (χ1n) is 9.64. The Balaban J connectivity index is 2.21. The molecule has 1 aliphatic carbocycles. The zero-order chi connectivity index (χ0) is 19.1. The molecule has 0 aromatic heterocycles. The Kier molecular flexibility index (Phi) is 7.95. The lowest BCUT2D eigenvalue weighted by molar-refractivity contribution is -0.150. The largest absolute Gasteiger partial charge is 0.481 e. The SMILES string of the molecule is CCC(C)OC(=O)C(CCC(=O)O)c1ccc(C2CCCCC2)c(Cl)c1. The molecule has 0 radical (unpaired) electrons. The normalized spacial score (nSPS) is 17.5. The molecule has 5 heteroatoms. The van der Waals surface area contributed by atoms with Crippen LogP contribution in [0.3, 0.4) is 0 Å². The summed E-state index contributed by atoms with van der Waals surface area (Å²) in [6, 6.07) is 5.76. The Bertz CT molecular complexity index is 622. The van der Waals surface area contributed by atoms with E-state index in [0.29, 0.717) is 10.9 Å². The van der Waals surface area contributed by atoms with Crippen molar-refractivity contribution in [3.8, 4) is 0 Å². The van der Waals surface area contributed by atoms with E-state index < -0.39 is 11.9 Å².